The van der Waals surface area contributed by atoms with Crippen molar-refractivity contribution in [2.75, 3.05) is 26.2 Å². The number of nitrogens with one attached hydrogen (secondary N) is 1. The molecule has 1 aliphatic heterocycles. The monoisotopic (exact) mass is 454 g/mol. The predicted octanol–water partition coefficient (Wildman–Crippen LogP) is 3.48. The second-order valence-corrected chi connectivity index (χ2v) is 7.22. The van der Waals surface area contributed by atoms with Crippen molar-refractivity contribution in [3.8, 4) is 11.4 Å². The summed E-state index contributed by atoms with van der Waals surface area (Å²) in [7, 11) is 0. The van der Waals surface area contributed by atoms with E-state index in [1.54, 1.807) is 0 Å². The molecular weight excluding hydrogens is 438 g/mol. The highest BCUT2D eigenvalue weighted by molar-refractivity contribution is 5.93. The van der Waals surface area contributed by atoms with Crippen LogP contribution in [0.4, 0.5) is 26.3 Å². The Hall–Kier alpha value is -3.34. The van der Waals surface area contributed by atoms with Crippen LogP contribution in [0.5, 0.6) is 0 Å². The first-order valence-electron chi connectivity index (χ1n) is 9.60. The Kier molecular flexibility index (Phi) is 5.92. The number of amides is 1. The lowest BCUT2D eigenvalue weighted by atomic mass is 10.1. The molecule has 0 aliphatic carbocycles. The smallest absolute Gasteiger partial charge is 0.272 e. The van der Waals surface area contributed by atoms with E-state index in [4.69, 9.17) is 0 Å². The van der Waals surface area contributed by atoms with Crippen molar-refractivity contribution in [3.63, 3.8) is 0 Å². The highest BCUT2D eigenvalue weighted by atomic mass is 19.2. The van der Waals surface area contributed by atoms with Crippen molar-refractivity contribution in [2.24, 2.45) is 0 Å². The highest BCUT2D eigenvalue weighted by Crippen LogP contribution is 2.26. The first kappa shape index (κ1) is 21.9. The molecule has 3 aromatic rings. The van der Waals surface area contributed by atoms with Gasteiger partial charge in [-0.05, 0) is 29.8 Å². The first-order valence-corrected chi connectivity index (χ1v) is 9.60. The number of hydrogen-bond donors (Lipinski definition) is 1. The van der Waals surface area contributed by atoms with Crippen LogP contribution in [0, 0.1) is 34.9 Å². The predicted molar refractivity (Wildman–Crippen MR) is 102 cm³/mol. The van der Waals surface area contributed by atoms with Crippen LogP contribution in [-0.2, 0) is 6.54 Å². The Bertz CT molecular complexity index is 1140. The van der Waals surface area contributed by atoms with Crippen LogP contribution in [0.3, 0.4) is 0 Å². The second kappa shape index (κ2) is 8.65. The van der Waals surface area contributed by atoms with Crippen LogP contribution in [-0.4, -0.2) is 46.5 Å². The molecular formula is C21H16F6N4O. The van der Waals surface area contributed by atoms with Crippen molar-refractivity contribution in [3.05, 3.63) is 76.6 Å². The number of piperazine rings is 1. The lowest BCUT2D eigenvalue weighted by Crippen LogP contribution is -2.46. The number of nitrogens with zero attached hydrogens (tertiary/aromatic N) is 3. The largest absolute Gasteiger partial charge is 0.335 e. The van der Waals surface area contributed by atoms with Gasteiger partial charge in [-0.25, -0.2) is 31.3 Å². The van der Waals surface area contributed by atoms with Gasteiger partial charge >= 0.3 is 0 Å². The Morgan fingerprint density at radius 2 is 1.41 bits per heavy atom. The van der Waals surface area contributed by atoms with E-state index < -0.39 is 40.8 Å². The molecule has 1 fully saturated rings. The van der Waals surface area contributed by atoms with E-state index in [-0.39, 0.29) is 29.2 Å². The molecule has 1 saturated heterocycles. The zero-order chi connectivity index (χ0) is 23.0. The standard InChI is InChI=1S/C21H16F6N4O/c22-13-5-11(6-14(23)18(13)26)10-31-17(21(32)30-3-1-28-2-4-30)9-29-20(31)12-7-15(24)19(27)16(25)8-12/h5-9,28H,1-4,10H2. The summed E-state index contributed by atoms with van der Waals surface area (Å²) in [5, 5.41) is 3.09. The van der Waals surface area contributed by atoms with Crippen LogP contribution in [0.15, 0.2) is 30.5 Å². The molecule has 0 spiro atoms. The molecule has 168 valence electrons. The number of carbonyl (C=O) groups is 1. The van der Waals surface area contributed by atoms with Gasteiger partial charge in [-0.15, -0.1) is 0 Å². The summed E-state index contributed by atoms with van der Waals surface area (Å²) >= 11 is 0. The number of hydrogen-bond acceptors (Lipinski definition) is 3. The lowest BCUT2D eigenvalue weighted by molar-refractivity contribution is 0.0725. The van der Waals surface area contributed by atoms with Crippen molar-refractivity contribution < 1.29 is 31.1 Å². The van der Waals surface area contributed by atoms with Gasteiger partial charge in [-0.2, -0.15) is 0 Å². The summed E-state index contributed by atoms with van der Waals surface area (Å²) < 4.78 is 83.1. The number of benzene rings is 2. The number of carbonyl (C=O) groups excluding carboxylic acids is 1. The number of aromatic nitrogens is 2. The molecule has 0 bridgehead atoms. The first-order chi connectivity index (χ1) is 15.3. The number of halogens is 6. The molecule has 1 N–H and O–H groups in total. The molecule has 0 atom stereocenters. The third-order valence-corrected chi connectivity index (χ3v) is 5.11. The molecule has 2 aromatic carbocycles. The van der Waals surface area contributed by atoms with E-state index in [9.17, 15) is 31.1 Å². The highest BCUT2D eigenvalue weighted by Gasteiger charge is 2.25. The normalized spacial score (nSPS) is 14.1. The summed E-state index contributed by atoms with van der Waals surface area (Å²) in [6.07, 6.45) is 1.16. The topological polar surface area (TPSA) is 50.2 Å². The maximum atomic E-state index is 13.8. The van der Waals surface area contributed by atoms with Gasteiger partial charge in [0.15, 0.2) is 34.9 Å². The zero-order valence-corrected chi connectivity index (χ0v) is 16.4. The average Bonchev–Trinajstić information content (AvgIpc) is 3.18. The van der Waals surface area contributed by atoms with Gasteiger partial charge in [0, 0.05) is 31.7 Å². The Morgan fingerprint density at radius 1 is 0.875 bits per heavy atom. The van der Waals surface area contributed by atoms with Crippen LogP contribution in [0.2, 0.25) is 0 Å². The average molecular weight is 454 g/mol. The molecule has 2 heterocycles. The van der Waals surface area contributed by atoms with Gasteiger partial charge < -0.3 is 14.8 Å². The van der Waals surface area contributed by atoms with E-state index >= 15 is 0 Å². The van der Waals surface area contributed by atoms with Gasteiger partial charge in [0.25, 0.3) is 5.91 Å². The zero-order valence-electron chi connectivity index (χ0n) is 16.4. The maximum absolute atomic E-state index is 13.8. The van der Waals surface area contributed by atoms with E-state index in [2.05, 4.69) is 10.3 Å². The minimum absolute atomic E-state index is 0.0165. The lowest BCUT2D eigenvalue weighted by Gasteiger charge is -2.27. The Labute approximate surface area is 178 Å². The summed E-state index contributed by atoms with van der Waals surface area (Å²) in [5.41, 5.74) is -0.265. The van der Waals surface area contributed by atoms with E-state index in [1.165, 1.54) is 9.47 Å². The molecule has 0 radical (unpaired) electrons. The van der Waals surface area contributed by atoms with E-state index in [1.807, 2.05) is 0 Å². The van der Waals surface area contributed by atoms with Gasteiger partial charge in [0.2, 0.25) is 0 Å². The molecule has 0 saturated carbocycles. The van der Waals surface area contributed by atoms with Crippen LogP contribution in [0.25, 0.3) is 11.4 Å². The van der Waals surface area contributed by atoms with Gasteiger partial charge in [0.1, 0.15) is 11.5 Å². The minimum Gasteiger partial charge on any atom is -0.335 e. The minimum atomic E-state index is -1.67. The van der Waals surface area contributed by atoms with Gasteiger partial charge in [-0.1, -0.05) is 0 Å². The molecule has 4 rings (SSSR count). The van der Waals surface area contributed by atoms with Gasteiger partial charge in [0.05, 0.1) is 12.7 Å². The number of rotatable bonds is 4. The molecule has 1 amide bonds. The maximum Gasteiger partial charge on any atom is 0.272 e. The van der Waals surface area contributed by atoms with E-state index in [0.29, 0.717) is 38.3 Å². The molecule has 11 heteroatoms. The fourth-order valence-corrected chi connectivity index (χ4v) is 3.53. The molecule has 5 nitrogen and oxygen atoms in total. The SMILES string of the molecule is O=C(c1cnc(-c2cc(F)c(F)c(F)c2)n1Cc1cc(F)c(F)c(F)c1)N1CCNCC1. The van der Waals surface area contributed by atoms with Crippen molar-refractivity contribution in [1.29, 1.82) is 0 Å². The number of imidazole rings is 1. The van der Waals surface area contributed by atoms with Crippen molar-refractivity contribution in [1.82, 2.24) is 19.8 Å². The third kappa shape index (κ3) is 4.07. The van der Waals surface area contributed by atoms with Gasteiger partial charge in [-0.3, -0.25) is 4.79 Å². The second-order valence-electron chi connectivity index (χ2n) is 7.22. The molecule has 1 aliphatic rings. The summed E-state index contributed by atoms with van der Waals surface area (Å²) in [4.78, 5) is 18.6. The summed E-state index contributed by atoms with van der Waals surface area (Å²) in [6, 6.07) is 2.88. The quantitative estimate of drug-likeness (QED) is 0.485. The Morgan fingerprint density at radius 3 is 1.97 bits per heavy atom. The van der Waals surface area contributed by atoms with E-state index in [0.717, 1.165) is 18.3 Å². The van der Waals surface area contributed by atoms with Crippen molar-refractivity contribution >= 4 is 5.91 Å². The summed E-state index contributed by atoms with van der Waals surface area (Å²) in [5.74, 6) is -9.73. The third-order valence-electron chi connectivity index (χ3n) is 5.11. The van der Waals surface area contributed by atoms with Crippen LogP contribution >= 0.6 is 0 Å². The Balaban J connectivity index is 1.82. The summed E-state index contributed by atoms with van der Waals surface area (Å²) in [6.45, 7) is 1.51. The van der Waals surface area contributed by atoms with Crippen LogP contribution in [0.1, 0.15) is 16.1 Å². The molecule has 1 aromatic heterocycles. The fraction of sp³-hybridized carbons (Fsp3) is 0.238. The molecule has 0 unspecified atom stereocenters. The molecule has 32 heavy (non-hydrogen) atoms. The fourth-order valence-electron chi connectivity index (χ4n) is 3.53. The van der Waals surface area contributed by atoms with Crippen LogP contribution < -0.4 is 5.32 Å². The van der Waals surface area contributed by atoms with Crippen molar-refractivity contribution in [2.45, 2.75) is 6.54 Å².